The van der Waals surface area contributed by atoms with Crippen molar-refractivity contribution in [2.75, 3.05) is 6.54 Å². The van der Waals surface area contributed by atoms with E-state index in [9.17, 15) is 0 Å². The first kappa shape index (κ1) is 11.0. The maximum absolute atomic E-state index is 5.76. The molecule has 0 radical (unpaired) electrons. The van der Waals surface area contributed by atoms with Crippen LogP contribution in [0.4, 0.5) is 0 Å². The van der Waals surface area contributed by atoms with Gasteiger partial charge in [-0.1, -0.05) is 12.1 Å². The normalized spacial score (nSPS) is 11.2. The third kappa shape index (κ3) is 1.78. The predicted octanol–water partition coefficient (Wildman–Crippen LogP) is 1.96. The van der Waals surface area contributed by atoms with Crippen molar-refractivity contribution in [1.82, 2.24) is 14.5 Å². The van der Waals surface area contributed by atoms with E-state index in [0.717, 1.165) is 28.9 Å². The summed E-state index contributed by atoms with van der Waals surface area (Å²) < 4.78 is 7.69. The molecular formula is C13H14N4O. The minimum atomic E-state index is 0.551. The van der Waals surface area contributed by atoms with E-state index in [2.05, 4.69) is 9.97 Å². The lowest BCUT2D eigenvalue weighted by atomic mass is 10.2. The highest BCUT2D eigenvalue weighted by atomic mass is 16.3. The Kier molecular flexibility index (Phi) is 2.60. The number of aryl methyl sites for hydroxylation is 1. The monoisotopic (exact) mass is 242 g/mol. The van der Waals surface area contributed by atoms with Gasteiger partial charge in [-0.25, -0.2) is 9.97 Å². The molecule has 0 amide bonds. The number of para-hydroxylation sites is 1. The van der Waals surface area contributed by atoms with Crippen molar-refractivity contribution in [3.8, 4) is 11.6 Å². The Hall–Kier alpha value is -2.14. The third-order valence-electron chi connectivity index (χ3n) is 2.85. The number of aromatic nitrogens is 3. The zero-order valence-corrected chi connectivity index (χ0v) is 10.1. The first-order valence-corrected chi connectivity index (χ1v) is 5.86. The molecule has 0 aliphatic heterocycles. The number of nitrogens with zero attached hydrogens (tertiary/aromatic N) is 3. The predicted molar refractivity (Wildman–Crippen MR) is 69.0 cm³/mol. The molecule has 0 bridgehead atoms. The van der Waals surface area contributed by atoms with E-state index in [4.69, 9.17) is 10.2 Å². The van der Waals surface area contributed by atoms with Gasteiger partial charge in [0.2, 0.25) is 5.89 Å². The summed E-state index contributed by atoms with van der Waals surface area (Å²) in [6.07, 6.45) is 3.64. The number of imidazole rings is 1. The second kappa shape index (κ2) is 4.27. The molecule has 0 unspecified atom stereocenters. The van der Waals surface area contributed by atoms with Gasteiger partial charge in [0.05, 0.1) is 6.33 Å². The molecule has 0 saturated heterocycles. The lowest BCUT2D eigenvalue weighted by Crippen LogP contribution is -2.07. The molecule has 0 saturated carbocycles. The summed E-state index contributed by atoms with van der Waals surface area (Å²) in [7, 11) is 0. The summed E-state index contributed by atoms with van der Waals surface area (Å²) in [5.74, 6) is 0.551. The molecule has 0 aliphatic rings. The van der Waals surface area contributed by atoms with Crippen molar-refractivity contribution in [3.63, 3.8) is 0 Å². The van der Waals surface area contributed by atoms with E-state index in [-0.39, 0.29) is 0 Å². The van der Waals surface area contributed by atoms with Crippen LogP contribution < -0.4 is 5.73 Å². The Labute approximate surface area is 104 Å². The van der Waals surface area contributed by atoms with Gasteiger partial charge >= 0.3 is 0 Å². The molecule has 5 heteroatoms. The average Bonchev–Trinajstić information content (AvgIpc) is 2.96. The van der Waals surface area contributed by atoms with Gasteiger partial charge in [0.25, 0.3) is 0 Å². The molecule has 0 spiro atoms. The number of rotatable bonds is 3. The lowest BCUT2D eigenvalue weighted by Gasteiger charge is -1.94. The summed E-state index contributed by atoms with van der Waals surface area (Å²) in [4.78, 5) is 8.72. The molecule has 0 atom stereocenters. The Morgan fingerprint density at radius 2 is 2.28 bits per heavy atom. The Balaban J connectivity index is 2.05. The van der Waals surface area contributed by atoms with Crippen LogP contribution in [-0.4, -0.2) is 21.1 Å². The summed E-state index contributed by atoms with van der Waals surface area (Å²) in [5.41, 5.74) is 8.99. The average molecular weight is 242 g/mol. The van der Waals surface area contributed by atoms with Crippen LogP contribution in [0.15, 0.2) is 35.1 Å². The third-order valence-corrected chi connectivity index (χ3v) is 2.85. The summed E-state index contributed by atoms with van der Waals surface area (Å²) in [6, 6.07) is 5.91. The number of nitrogens with two attached hydrogens (primary N) is 1. The van der Waals surface area contributed by atoms with Crippen LogP contribution in [0.25, 0.3) is 22.7 Å². The van der Waals surface area contributed by atoms with Gasteiger partial charge in [-0.2, -0.15) is 0 Å². The van der Waals surface area contributed by atoms with Crippen LogP contribution in [0, 0.1) is 6.92 Å². The molecule has 3 aromatic rings. The fraction of sp³-hybridized carbons (Fsp3) is 0.231. The summed E-state index contributed by atoms with van der Waals surface area (Å²) >= 11 is 0. The summed E-state index contributed by atoms with van der Waals surface area (Å²) in [5, 5.41) is 0. The second-order valence-corrected chi connectivity index (χ2v) is 4.23. The standard InChI is InChI=1S/C13H14N4O/c1-9-3-2-4-10-12(9)18-13(16-10)11-7-17(6-5-14)8-15-11/h2-4,7-8H,5-6,14H2,1H3. The molecule has 92 valence electrons. The van der Waals surface area contributed by atoms with Crippen LogP contribution in [-0.2, 0) is 6.54 Å². The van der Waals surface area contributed by atoms with Crippen molar-refractivity contribution < 1.29 is 4.42 Å². The molecule has 18 heavy (non-hydrogen) atoms. The van der Waals surface area contributed by atoms with Gasteiger partial charge in [0, 0.05) is 19.3 Å². The van der Waals surface area contributed by atoms with Crippen molar-refractivity contribution in [2.45, 2.75) is 13.5 Å². The highest BCUT2D eigenvalue weighted by Crippen LogP contribution is 2.24. The first-order chi connectivity index (χ1) is 8.78. The number of fused-ring (bicyclic) bond motifs is 1. The molecule has 3 rings (SSSR count). The van der Waals surface area contributed by atoms with Gasteiger partial charge in [-0.3, -0.25) is 0 Å². The largest absolute Gasteiger partial charge is 0.434 e. The van der Waals surface area contributed by atoms with E-state index in [1.54, 1.807) is 6.33 Å². The topological polar surface area (TPSA) is 69.9 Å². The van der Waals surface area contributed by atoms with E-state index < -0.39 is 0 Å². The van der Waals surface area contributed by atoms with Gasteiger partial charge in [-0.15, -0.1) is 0 Å². The van der Waals surface area contributed by atoms with Crippen LogP contribution in [0.1, 0.15) is 5.56 Å². The number of benzene rings is 1. The molecule has 0 fully saturated rings. The van der Waals surface area contributed by atoms with Crippen LogP contribution in [0.2, 0.25) is 0 Å². The van der Waals surface area contributed by atoms with Crippen molar-refractivity contribution in [3.05, 3.63) is 36.3 Å². The highest BCUT2D eigenvalue weighted by Gasteiger charge is 2.11. The Morgan fingerprint density at radius 3 is 3.06 bits per heavy atom. The molecular weight excluding hydrogens is 228 g/mol. The SMILES string of the molecule is Cc1cccc2nc(-c3cn(CCN)cn3)oc12. The van der Waals surface area contributed by atoms with Crippen molar-refractivity contribution >= 4 is 11.1 Å². The maximum Gasteiger partial charge on any atom is 0.247 e. The van der Waals surface area contributed by atoms with Gasteiger partial charge < -0.3 is 14.7 Å². The highest BCUT2D eigenvalue weighted by molar-refractivity contribution is 5.78. The molecule has 1 aromatic carbocycles. The zero-order chi connectivity index (χ0) is 12.5. The molecule has 2 heterocycles. The smallest absolute Gasteiger partial charge is 0.247 e. The quantitative estimate of drug-likeness (QED) is 0.762. The zero-order valence-electron chi connectivity index (χ0n) is 10.1. The number of hydrogen-bond acceptors (Lipinski definition) is 4. The Bertz CT molecular complexity index is 683. The molecule has 5 nitrogen and oxygen atoms in total. The van der Waals surface area contributed by atoms with E-state index in [1.165, 1.54) is 0 Å². The number of oxazole rings is 1. The number of hydrogen-bond donors (Lipinski definition) is 1. The second-order valence-electron chi connectivity index (χ2n) is 4.23. The maximum atomic E-state index is 5.76. The van der Waals surface area contributed by atoms with Crippen LogP contribution in [0.5, 0.6) is 0 Å². The fourth-order valence-electron chi connectivity index (χ4n) is 1.94. The van der Waals surface area contributed by atoms with E-state index in [0.29, 0.717) is 12.4 Å². The van der Waals surface area contributed by atoms with Gasteiger partial charge in [0.15, 0.2) is 5.58 Å². The van der Waals surface area contributed by atoms with Gasteiger partial charge in [-0.05, 0) is 18.6 Å². The summed E-state index contributed by atoms with van der Waals surface area (Å²) in [6.45, 7) is 3.33. The lowest BCUT2D eigenvalue weighted by molar-refractivity contribution is 0.614. The van der Waals surface area contributed by atoms with Crippen molar-refractivity contribution in [2.24, 2.45) is 5.73 Å². The molecule has 2 aromatic heterocycles. The van der Waals surface area contributed by atoms with E-state index in [1.807, 2.05) is 35.9 Å². The molecule has 0 aliphatic carbocycles. The van der Waals surface area contributed by atoms with Crippen molar-refractivity contribution in [1.29, 1.82) is 0 Å². The fourth-order valence-corrected chi connectivity index (χ4v) is 1.94. The minimum Gasteiger partial charge on any atom is -0.434 e. The Morgan fingerprint density at radius 1 is 1.39 bits per heavy atom. The minimum absolute atomic E-state index is 0.551. The van der Waals surface area contributed by atoms with Gasteiger partial charge in [0.1, 0.15) is 11.2 Å². The molecule has 2 N–H and O–H groups in total. The van der Waals surface area contributed by atoms with Crippen LogP contribution >= 0.6 is 0 Å². The first-order valence-electron chi connectivity index (χ1n) is 5.86. The van der Waals surface area contributed by atoms with E-state index >= 15 is 0 Å². The van der Waals surface area contributed by atoms with Crippen LogP contribution in [0.3, 0.4) is 0 Å².